The Morgan fingerprint density at radius 1 is 1.05 bits per heavy atom. The zero-order chi connectivity index (χ0) is 26.4. The zero-order valence-electron chi connectivity index (χ0n) is 22.6. The molecule has 5 aromatic rings. The van der Waals surface area contributed by atoms with Crippen molar-refractivity contribution in [3.8, 4) is 22.5 Å². The first kappa shape index (κ1) is 24.4. The van der Waals surface area contributed by atoms with E-state index in [4.69, 9.17) is 14.7 Å². The number of hydrogen-bond donors (Lipinski definition) is 1. The molecular weight excluding hydrogens is 474 g/mol. The maximum Gasteiger partial charge on any atom is 0.180 e. The average molecular weight is 508 g/mol. The third-order valence-electron chi connectivity index (χ3n) is 7.27. The summed E-state index contributed by atoms with van der Waals surface area (Å²) in [6.07, 6.45) is 2.88. The molecule has 0 bridgehead atoms. The van der Waals surface area contributed by atoms with E-state index in [1.54, 1.807) is 0 Å². The fraction of sp³-hybridized carbons (Fsp3) is 0.367. The van der Waals surface area contributed by atoms with Gasteiger partial charge in [0.2, 0.25) is 0 Å². The molecule has 1 aliphatic rings. The first-order valence-electron chi connectivity index (χ1n) is 13.3. The van der Waals surface area contributed by atoms with Gasteiger partial charge in [0.15, 0.2) is 11.5 Å². The van der Waals surface area contributed by atoms with Crippen LogP contribution in [0.1, 0.15) is 68.4 Å². The van der Waals surface area contributed by atoms with Crippen LogP contribution in [0.2, 0.25) is 0 Å². The normalized spacial score (nSPS) is 15.3. The number of nitrogens with zero attached hydrogens (tertiary/aromatic N) is 6. The molecule has 0 spiro atoms. The summed E-state index contributed by atoms with van der Waals surface area (Å²) in [6.45, 7) is 11.0. The molecule has 1 atom stereocenters. The minimum atomic E-state index is -0.218. The topological polar surface area (TPSA) is 94.4 Å². The summed E-state index contributed by atoms with van der Waals surface area (Å²) in [6, 6.07) is 17.4. The average Bonchev–Trinajstić information content (AvgIpc) is 3.65. The summed E-state index contributed by atoms with van der Waals surface area (Å²) in [5.74, 6) is 1.75. The molecule has 2 aromatic carbocycles. The Labute approximate surface area is 222 Å². The molecule has 0 aliphatic heterocycles. The van der Waals surface area contributed by atoms with E-state index >= 15 is 0 Å². The summed E-state index contributed by atoms with van der Waals surface area (Å²) < 4.78 is 8.44. The molecule has 8 heteroatoms. The van der Waals surface area contributed by atoms with E-state index in [9.17, 15) is 0 Å². The molecule has 0 unspecified atom stereocenters. The van der Waals surface area contributed by atoms with Gasteiger partial charge in [-0.15, -0.1) is 5.10 Å². The van der Waals surface area contributed by atoms with Crippen molar-refractivity contribution < 1.29 is 4.74 Å². The lowest BCUT2D eigenvalue weighted by atomic mass is 9.96. The number of aromatic nitrogens is 7. The highest BCUT2D eigenvalue weighted by molar-refractivity contribution is 5.81. The Bertz CT molecular complexity index is 1610. The summed E-state index contributed by atoms with van der Waals surface area (Å²) in [7, 11) is 0. The standard InChI is InChI=1S/C30H33N7O/c1-6-26-32-27-18(2)15-21(17-38-30(3,4)5)31-29(27)37(26)25-14-12-20-16-19(11-13-23(20)25)22-9-7-8-10-24(22)28-33-35-36-34-28/h7-11,13,15-16,25H,6,12,14,17H2,1-5H3,(H,33,34,35,36)/t25-/m0/s1. The molecule has 0 saturated heterocycles. The van der Waals surface area contributed by atoms with Crippen molar-refractivity contribution in [2.45, 2.75) is 72.1 Å². The van der Waals surface area contributed by atoms with Gasteiger partial charge < -0.3 is 9.30 Å². The number of aryl methyl sites for hydroxylation is 3. The lowest BCUT2D eigenvalue weighted by Gasteiger charge is -2.20. The number of nitrogens with one attached hydrogen (secondary N) is 1. The van der Waals surface area contributed by atoms with E-state index in [1.807, 2.05) is 12.1 Å². The summed E-state index contributed by atoms with van der Waals surface area (Å²) in [5, 5.41) is 14.6. The largest absolute Gasteiger partial charge is 0.370 e. The van der Waals surface area contributed by atoms with Gasteiger partial charge in [-0.3, -0.25) is 0 Å². The Morgan fingerprint density at radius 3 is 2.61 bits per heavy atom. The minimum absolute atomic E-state index is 0.207. The second-order valence-corrected chi connectivity index (χ2v) is 11.0. The number of fused-ring (bicyclic) bond motifs is 2. The van der Waals surface area contributed by atoms with Gasteiger partial charge in [0.1, 0.15) is 11.3 Å². The Hall–Kier alpha value is -3.91. The lowest BCUT2D eigenvalue weighted by molar-refractivity contribution is -0.0164. The molecule has 0 fully saturated rings. The molecule has 0 amide bonds. The highest BCUT2D eigenvalue weighted by atomic mass is 16.5. The van der Waals surface area contributed by atoms with E-state index in [2.05, 4.69) is 96.2 Å². The van der Waals surface area contributed by atoms with Crippen LogP contribution in [-0.2, 0) is 24.2 Å². The summed E-state index contributed by atoms with van der Waals surface area (Å²) in [5.41, 5.74) is 9.79. The quantitative estimate of drug-likeness (QED) is 0.303. The monoisotopic (exact) mass is 507 g/mol. The van der Waals surface area contributed by atoms with E-state index in [1.165, 1.54) is 11.1 Å². The van der Waals surface area contributed by atoms with Crippen LogP contribution >= 0.6 is 0 Å². The fourth-order valence-electron chi connectivity index (χ4n) is 5.51. The smallest absolute Gasteiger partial charge is 0.180 e. The molecule has 3 heterocycles. The van der Waals surface area contributed by atoms with E-state index in [0.717, 1.165) is 64.2 Å². The maximum atomic E-state index is 6.06. The van der Waals surface area contributed by atoms with Crippen LogP contribution < -0.4 is 0 Å². The van der Waals surface area contributed by atoms with Gasteiger partial charge in [-0.1, -0.05) is 49.4 Å². The predicted octanol–water partition coefficient (Wildman–Crippen LogP) is 6.00. The zero-order valence-corrected chi connectivity index (χ0v) is 22.6. The van der Waals surface area contributed by atoms with Crippen LogP contribution in [-0.4, -0.2) is 40.8 Å². The molecule has 194 valence electrons. The van der Waals surface area contributed by atoms with Crippen molar-refractivity contribution in [2.75, 3.05) is 0 Å². The fourth-order valence-corrected chi connectivity index (χ4v) is 5.51. The summed E-state index contributed by atoms with van der Waals surface area (Å²) in [4.78, 5) is 10.1. The number of benzene rings is 2. The third kappa shape index (κ3) is 4.39. The minimum Gasteiger partial charge on any atom is -0.370 e. The van der Waals surface area contributed by atoms with Gasteiger partial charge in [0.05, 0.1) is 23.9 Å². The van der Waals surface area contributed by atoms with Crippen molar-refractivity contribution in [1.29, 1.82) is 0 Å². The van der Waals surface area contributed by atoms with E-state index in [-0.39, 0.29) is 11.6 Å². The van der Waals surface area contributed by atoms with E-state index in [0.29, 0.717) is 12.4 Å². The Balaban J connectivity index is 1.41. The number of hydrogen-bond acceptors (Lipinski definition) is 6. The number of rotatable bonds is 6. The number of pyridine rings is 1. The molecule has 1 N–H and O–H groups in total. The van der Waals surface area contributed by atoms with Crippen molar-refractivity contribution in [1.82, 2.24) is 35.2 Å². The van der Waals surface area contributed by atoms with Crippen molar-refractivity contribution in [3.63, 3.8) is 0 Å². The Kier molecular flexibility index (Phi) is 6.07. The highest BCUT2D eigenvalue weighted by Gasteiger charge is 2.29. The molecule has 0 radical (unpaired) electrons. The van der Waals surface area contributed by atoms with Gasteiger partial charge in [-0.25, -0.2) is 15.1 Å². The van der Waals surface area contributed by atoms with Crippen molar-refractivity contribution >= 4 is 11.2 Å². The Morgan fingerprint density at radius 2 is 1.87 bits per heavy atom. The van der Waals surface area contributed by atoms with Crippen LogP contribution in [0.25, 0.3) is 33.7 Å². The van der Waals surface area contributed by atoms with Gasteiger partial charge in [0.25, 0.3) is 0 Å². The SMILES string of the molecule is CCc1nc2c(C)cc(COC(C)(C)C)nc2n1[C@H]1CCc2cc(-c3ccccc3-c3nnn[nH]3)ccc21. The third-order valence-corrected chi connectivity index (χ3v) is 7.27. The maximum absolute atomic E-state index is 6.06. The number of tetrazole rings is 1. The number of ether oxygens (including phenoxy) is 1. The van der Waals surface area contributed by atoms with Crippen molar-refractivity contribution in [2.24, 2.45) is 0 Å². The first-order chi connectivity index (χ1) is 18.3. The van der Waals surface area contributed by atoms with Crippen LogP contribution in [0.4, 0.5) is 0 Å². The first-order valence-corrected chi connectivity index (χ1v) is 13.3. The van der Waals surface area contributed by atoms with Gasteiger partial charge in [-0.2, -0.15) is 0 Å². The molecule has 38 heavy (non-hydrogen) atoms. The highest BCUT2D eigenvalue weighted by Crippen LogP contribution is 2.40. The van der Waals surface area contributed by atoms with Gasteiger partial charge >= 0.3 is 0 Å². The van der Waals surface area contributed by atoms with Crippen LogP contribution in [0.15, 0.2) is 48.5 Å². The number of aromatic amines is 1. The molecule has 1 aliphatic carbocycles. The molecule has 6 rings (SSSR count). The number of H-pyrrole nitrogens is 1. The molecule has 3 aromatic heterocycles. The van der Waals surface area contributed by atoms with Crippen LogP contribution in [0, 0.1) is 6.92 Å². The predicted molar refractivity (Wildman–Crippen MR) is 148 cm³/mol. The molecule has 0 saturated carbocycles. The van der Waals surface area contributed by atoms with Crippen molar-refractivity contribution in [3.05, 3.63) is 76.7 Å². The van der Waals surface area contributed by atoms with Gasteiger partial charge in [-0.05, 0) is 84.8 Å². The second-order valence-electron chi connectivity index (χ2n) is 11.0. The lowest BCUT2D eigenvalue weighted by Crippen LogP contribution is -2.19. The summed E-state index contributed by atoms with van der Waals surface area (Å²) >= 11 is 0. The van der Waals surface area contributed by atoms with Gasteiger partial charge in [0, 0.05) is 12.0 Å². The van der Waals surface area contributed by atoms with E-state index < -0.39 is 0 Å². The molecule has 8 nitrogen and oxygen atoms in total. The second kappa shape index (κ2) is 9.44. The van der Waals surface area contributed by atoms with Crippen LogP contribution in [0.3, 0.4) is 0 Å². The molecular formula is C30H33N7O. The van der Waals surface area contributed by atoms with Crippen LogP contribution in [0.5, 0.6) is 0 Å². The number of imidazole rings is 1.